The van der Waals surface area contributed by atoms with Gasteiger partial charge in [-0.05, 0) is 12.5 Å². The first-order valence-electron chi connectivity index (χ1n) is 7.21. The number of hydrogen-bond donors (Lipinski definition) is 2. The Bertz CT molecular complexity index is 353. The summed E-state index contributed by atoms with van der Waals surface area (Å²) in [4.78, 5) is 27.9. The van der Waals surface area contributed by atoms with Crippen LogP contribution in [0.4, 0.5) is 0 Å². The second-order valence-electron chi connectivity index (χ2n) is 6.57. The average molecular weight is 357 g/mol. The van der Waals surface area contributed by atoms with Gasteiger partial charge in [-0.3, -0.25) is 9.59 Å². The molecule has 132 valence electrons. The number of nitrogens with one attached hydrogen (secondary N) is 1. The number of carbonyl (C=O) groups is 2. The van der Waals surface area contributed by atoms with Crippen LogP contribution >= 0.6 is 24.8 Å². The third-order valence-electron chi connectivity index (χ3n) is 3.71. The van der Waals surface area contributed by atoms with Crippen molar-refractivity contribution in [1.29, 1.82) is 0 Å². The highest BCUT2D eigenvalue weighted by Gasteiger charge is 2.27. The van der Waals surface area contributed by atoms with Crippen molar-refractivity contribution in [3.63, 3.8) is 0 Å². The molecule has 0 aliphatic carbocycles. The molecule has 0 saturated carbocycles. The smallest absolute Gasteiger partial charge is 0.237 e. The summed E-state index contributed by atoms with van der Waals surface area (Å²) in [6.45, 7) is 9.48. The molecule has 2 amide bonds. The molecule has 0 aromatic heterocycles. The summed E-state index contributed by atoms with van der Waals surface area (Å²) >= 11 is 0. The first-order chi connectivity index (χ1) is 9.21. The molecule has 0 bridgehead atoms. The van der Waals surface area contributed by atoms with Crippen LogP contribution in [-0.4, -0.2) is 67.4 Å². The van der Waals surface area contributed by atoms with Crippen molar-refractivity contribution in [2.75, 3.05) is 39.8 Å². The Balaban J connectivity index is 0. The SMILES string of the molecule is CN1CCN(C(=O)CCNC(=O)[C@@H](N)C(C)(C)C)CC1.Cl.Cl. The van der Waals surface area contributed by atoms with Gasteiger partial charge in [0.2, 0.25) is 11.8 Å². The Labute approximate surface area is 146 Å². The molecule has 22 heavy (non-hydrogen) atoms. The van der Waals surface area contributed by atoms with Crippen LogP contribution < -0.4 is 11.1 Å². The zero-order valence-electron chi connectivity index (χ0n) is 13.9. The summed E-state index contributed by atoms with van der Waals surface area (Å²) < 4.78 is 0. The number of hydrogen-bond acceptors (Lipinski definition) is 4. The molecule has 1 atom stereocenters. The molecule has 0 aromatic carbocycles. The lowest BCUT2D eigenvalue weighted by Gasteiger charge is -2.32. The summed E-state index contributed by atoms with van der Waals surface area (Å²) in [6.07, 6.45) is 0.340. The fourth-order valence-electron chi connectivity index (χ4n) is 2.01. The van der Waals surface area contributed by atoms with E-state index in [0.29, 0.717) is 13.0 Å². The first kappa shape index (κ1) is 23.7. The zero-order chi connectivity index (χ0) is 15.3. The number of carbonyl (C=O) groups excluding carboxylic acids is 2. The third kappa shape index (κ3) is 7.63. The molecular formula is C14H30Cl2N4O2. The normalized spacial score (nSPS) is 17.0. The number of halogens is 2. The molecule has 1 fully saturated rings. The van der Waals surface area contributed by atoms with E-state index in [9.17, 15) is 9.59 Å². The van der Waals surface area contributed by atoms with Gasteiger partial charge in [0.15, 0.2) is 0 Å². The fraction of sp³-hybridized carbons (Fsp3) is 0.857. The minimum Gasteiger partial charge on any atom is -0.354 e. The number of piperazine rings is 1. The number of rotatable bonds is 4. The van der Waals surface area contributed by atoms with Crippen molar-refractivity contribution in [1.82, 2.24) is 15.1 Å². The van der Waals surface area contributed by atoms with Gasteiger partial charge in [0.25, 0.3) is 0 Å². The highest BCUT2D eigenvalue weighted by atomic mass is 35.5. The first-order valence-corrected chi connectivity index (χ1v) is 7.21. The van der Waals surface area contributed by atoms with Crippen molar-refractivity contribution in [2.45, 2.75) is 33.2 Å². The van der Waals surface area contributed by atoms with Crippen LogP contribution in [0.1, 0.15) is 27.2 Å². The van der Waals surface area contributed by atoms with Crippen molar-refractivity contribution >= 4 is 36.6 Å². The summed E-state index contributed by atoms with van der Waals surface area (Å²) in [6, 6.07) is -0.554. The average Bonchev–Trinajstić information content (AvgIpc) is 2.37. The maximum absolute atomic E-state index is 12.0. The van der Waals surface area contributed by atoms with Gasteiger partial charge in [0.1, 0.15) is 0 Å². The number of nitrogens with two attached hydrogens (primary N) is 1. The fourth-order valence-corrected chi connectivity index (χ4v) is 2.01. The quantitative estimate of drug-likeness (QED) is 0.767. The van der Waals surface area contributed by atoms with E-state index in [4.69, 9.17) is 5.73 Å². The molecule has 0 unspecified atom stereocenters. The van der Waals surface area contributed by atoms with Crippen LogP contribution in [0.15, 0.2) is 0 Å². The van der Waals surface area contributed by atoms with E-state index in [-0.39, 0.29) is 42.0 Å². The lowest BCUT2D eigenvalue weighted by molar-refractivity contribution is -0.132. The molecule has 1 saturated heterocycles. The van der Waals surface area contributed by atoms with E-state index in [1.165, 1.54) is 0 Å². The Morgan fingerprint density at radius 2 is 1.64 bits per heavy atom. The maximum atomic E-state index is 12.0. The predicted octanol–water partition coefficient (Wildman–Crippen LogP) is 0.484. The Kier molecular flexibility index (Phi) is 11.1. The van der Waals surface area contributed by atoms with Crippen molar-refractivity contribution in [3.8, 4) is 0 Å². The van der Waals surface area contributed by atoms with Crippen LogP contribution in [-0.2, 0) is 9.59 Å². The van der Waals surface area contributed by atoms with E-state index < -0.39 is 6.04 Å². The van der Waals surface area contributed by atoms with Gasteiger partial charge in [-0.2, -0.15) is 0 Å². The Morgan fingerprint density at radius 3 is 2.09 bits per heavy atom. The number of amides is 2. The second kappa shape index (κ2) is 10.3. The van der Waals surface area contributed by atoms with Crippen molar-refractivity contribution < 1.29 is 9.59 Å². The minimum atomic E-state index is -0.554. The predicted molar refractivity (Wildman–Crippen MR) is 93.6 cm³/mol. The van der Waals surface area contributed by atoms with E-state index in [0.717, 1.165) is 26.2 Å². The molecule has 0 aromatic rings. The molecule has 0 radical (unpaired) electrons. The highest BCUT2D eigenvalue weighted by molar-refractivity contribution is 5.85. The Hall–Kier alpha value is -0.560. The standard InChI is InChI=1S/C14H28N4O2.2ClH/c1-14(2,3)12(15)13(20)16-6-5-11(19)18-9-7-17(4)8-10-18;;/h12H,5-10,15H2,1-4H3,(H,16,20);2*1H/t12-;;/m1../s1. The van der Waals surface area contributed by atoms with Crippen molar-refractivity contribution in [2.24, 2.45) is 11.1 Å². The summed E-state index contributed by atoms with van der Waals surface area (Å²) in [5.41, 5.74) is 5.58. The molecule has 6 nitrogen and oxygen atoms in total. The summed E-state index contributed by atoms with van der Waals surface area (Å²) in [5, 5.41) is 2.75. The van der Waals surface area contributed by atoms with E-state index >= 15 is 0 Å². The molecule has 1 aliphatic rings. The summed E-state index contributed by atoms with van der Waals surface area (Å²) in [7, 11) is 2.05. The van der Waals surface area contributed by atoms with Gasteiger partial charge >= 0.3 is 0 Å². The molecular weight excluding hydrogens is 327 g/mol. The van der Waals surface area contributed by atoms with Crippen LogP contribution in [0.25, 0.3) is 0 Å². The van der Waals surface area contributed by atoms with E-state index in [2.05, 4.69) is 17.3 Å². The van der Waals surface area contributed by atoms with Gasteiger partial charge in [0.05, 0.1) is 6.04 Å². The number of nitrogens with zero attached hydrogens (tertiary/aromatic N) is 2. The zero-order valence-corrected chi connectivity index (χ0v) is 15.6. The van der Waals surface area contributed by atoms with Crippen LogP contribution in [0.5, 0.6) is 0 Å². The van der Waals surface area contributed by atoms with E-state index in [1.807, 2.05) is 25.7 Å². The van der Waals surface area contributed by atoms with E-state index in [1.54, 1.807) is 0 Å². The second-order valence-corrected chi connectivity index (χ2v) is 6.57. The lowest BCUT2D eigenvalue weighted by Crippen LogP contribution is -2.50. The van der Waals surface area contributed by atoms with Crippen LogP contribution in [0.3, 0.4) is 0 Å². The monoisotopic (exact) mass is 356 g/mol. The number of likely N-dealkylation sites (N-methyl/N-ethyl adjacent to an activating group) is 1. The molecule has 1 aliphatic heterocycles. The molecule has 1 rings (SSSR count). The van der Waals surface area contributed by atoms with Gasteiger partial charge < -0.3 is 20.9 Å². The van der Waals surface area contributed by atoms with Crippen molar-refractivity contribution in [3.05, 3.63) is 0 Å². The molecule has 1 heterocycles. The summed E-state index contributed by atoms with van der Waals surface area (Å²) in [5.74, 6) is -0.0913. The molecule has 3 N–H and O–H groups in total. The van der Waals surface area contributed by atoms with Crippen LogP contribution in [0.2, 0.25) is 0 Å². The largest absolute Gasteiger partial charge is 0.354 e. The lowest BCUT2D eigenvalue weighted by atomic mass is 9.87. The highest BCUT2D eigenvalue weighted by Crippen LogP contribution is 2.17. The van der Waals surface area contributed by atoms with Gasteiger partial charge in [-0.25, -0.2) is 0 Å². The van der Waals surface area contributed by atoms with Gasteiger partial charge in [-0.1, -0.05) is 20.8 Å². The molecule has 0 spiro atoms. The minimum absolute atomic E-state index is 0. The van der Waals surface area contributed by atoms with Gasteiger partial charge in [0, 0.05) is 39.1 Å². The molecule has 8 heteroatoms. The van der Waals surface area contributed by atoms with Gasteiger partial charge in [-0.15, -0.1) is 24.8 Å². The Morgan fingerprint density at radius 1 is 1.14 bits per heavy atom. The topological polar surface area (TPSA) is 78.7 Å². The van der Waals surface area contributed by atoms with Crippen LogP contribution in [0, 0.1) is 5.41 Å². The third-order valence-corrected chi connectivity index (χ3v) is 3.71. The maximum Gasteiger partial charge on any atom is 0.237 e.